The summed E-state index contributed by atoms with van der Waals surface area (Å²) in [5.74, 6) is 2.45. The Kier molecular flexibility index (Phi) is 5.72. The van der Waals surface area contributed by atoms with E-state index < -0.39 is 0 Å². The normalized spacial score (nSPS) is 13.5. The van der Waals surface area contributed by atoms with Gasteiger partial charge in [0.05, 0.1) is 23.2 Å². The molecule has 30 heavy (non-hydrogen) atoms. The predicted octanol–water partition coefficient (Wildman–Crippen LogP) is 3.61. The molecule has 0 saturated carbocycles. The van der Waals surface area contributed by atoms with Crippen LogP contribution in [0.5, 0.6) is 11.5 Å². The second-order valence-electron chi connectivity index (χ2n) is 7.31. The number of aromatic nitrogens is 3. The second-order valence-corrected chi connectivity index (χ2v) is 8.72. The molecular weight excluding hydrogens is 404 g/mol. The van der Waals surface area contributed by atoms with Crippen molar-refractivity contribution in [2.75, 3.05) is 13.8 Å². The van der Waals surface area contributed by atoms with Gasteiger partial charge in [0.15, 0.2) is 11.5 Å². The number of ether oxygens (including phenoxy) is 2. The zero-order valence-electron chi connectivity index (χ0n) is 17.5. The lowest BCUT2D eigenvalue weighted by Gasteiger charge is -2.24. The highest BCUT2D eigenvalue weighted by molar-refractivity contribution is 7.11. The van der Waals surface area contributed by atoms with Crippen LogP contribution in [0.1, 0.15) is 52.3 Å². The maximum absolute atomic E-state index is 12.6. The van der Waals surface area contributed by atoms with E-state index in [4.69, 9.17) is 13.9 Å². The van der Waals surface area contributed by atoms with Crippen molar-refractivity contribution < 1.29 is 18.7 Å². The molecule has 0 saturated heterocycles. The molecule has 1 amide bonds. The first-order valence-corrected chi connectivity index (χ1v) is 10.6. The van der Waals surface area contributed by atoms with Crippen molar-refractivity contribution in [3.63, 3.8) is 0 Å². The van der Waals surface area contributed by atoms with Gasteiger partial charge in [-0.25, -0.2) is 4.98 Å². The quantitative estimate of drug-likeness (QED) is 0.568. The van der Waals surface area contributed by atoms with Crippen LogP contribution in [-0.4, -0.2) is 39.8 Å². The number of fused-ring (bicyclic) bond motifs is 1. The summed E-state index contributed by atoms with van der Waals surface area (Å²) in [5.41, 5.74) is 1.95. The van der Waals surface area contributed by atoms with E-state index in [1.807, 2.05) is 39.0 Å². The third kappa shape index (κ3) is 4.30. The van der Waals surface area contributed by atoms with Crippen LogP contribution in [0.3, 0.4) is 0 Å². The Labute approximate surface area is 178 Å². The molecule has 3 aromatic rings. The minimum Gasteiger partial charge on any atom is -0.454 e. The Hall–Kier alpha value is -2.94. The third-order valence-electron chi connectivity index (χ3n) is 5.16. The fraction of sp³-hybridized carbons (Fsp3) is 0.429. The van der Waals surface area contributed by atoms with Crippen molar-refractivity contribution in [2.45, 2.75) is 46.1 Å². The molecule has 8 nitrogen and oxygen atoms in total. The molecule has 1 aromatic carbocycles. The fourth-order valence-electron chi connectivity index (χ4n) is 3.41. The summed E-state index contributed by atoms with van der Waals surface area (Å²) in [6.45, 7) is 6.25. The average molecular weight is 429 g/mol. The molecule has 0 N–H and O–H groups in total. The molecule has 0 aliphatic carbocycles. The second kappa shape index (κ2) is 8.43. The minimum atomic E-state index is -0.0771. The van der Waals surface area contributed by atoms with Gasteiger partial charge in [0.2, 0.25) is 24.5 Å². The summed E-state index contributed by atoms with van der Waals surface area (Å²) >= 11 is 1.65. The van der Waals surface area contributed by atoms with Crippen molar-refractivity contribution in [2.24, 2.45) is 0 Å². The van der Waals surface area contributed by atoms with Gasteiger partial charge in [-0.3, -0.25) is 4.79 Å². The Balaban J connectivity index is 1.32. The maximum Gasteiger partial charge on any atom is 0.231 e. The fourth-order valence-corrected chi connectivity index (χ4v) is 4.32. The van der Waals surface area contributed by atoms with Gasteiger partial charge in [0.25, 0.3) is 0 Å². The first kappa shape index (κ1) is 20.3. The van der Waals surface area contributed by atoms with Crippen LogP contribution in [0.4, 0.5) is 0 Å². The largest absolute Gasteiger partial charge is 0.454 e. The number of hydrogen-bond acceptors (Lipinski definition) is 8. The summed E-state index contributed by atoms with van der Waals surface area (Å²) in [6.07, 6.45) is 1.20. The summed E-state index contributed by atoms with van der Waals surface area (Å²) in [7, 11) is 1.81. The maximum atomic E-state index is 12.6. The van der Waals surface area contributed by atoms with Crippen molar-refractivity contribution in [3.8, 4) is 11.5 Å². The van der Waals surface area contributed by atoms with E-state index >= 15 is 0 Å². The highest BCUT2D eigenvalue weighted by Gasteiger charge is 2.22. The molecule has 0 spiro atoms. The van der Waals surface area contributed by atoms with Crippen LogP contribution in [0.15, 0.2) is 22.6 Å². The molecular formula is C21H24N4O4S. The summed E-state index contributed by atoms with van der Waals surface area (Å²) in [4.78, 5) is 20.1. The summed E-state index contributed by atoms with van der Waals surface area (Å²) in [6, 6.07) is 5.65. The molecule has 2 aromatic heterocycles. The van der Waals surface area contributed by atoms with E-state index in [-0.39, 0.29) is 18.7 Å². The highest BCUT2D eigenvalue weighted by atomic mass is 32.1. The number of rotatable bonds is 7. The van der Waals surface area contributed by atoms with Crippen molar-refractivity contribution in [1.29, 1.82) is 0 Å². The molecule has 1 aliphatic heterocycles. The first-order valence-electron chi connectivity index (χ1n) is 9.80. The van der Waals surface area contributed by atoms with Gasteiger partial charge in [-0.05, 0) is 38.5 Å². The van der Waals surface area contributed by atoms with Crippen LogP contribution in [-0.2, 0) is 17.6 Å². The van der Waals surface area contributed by atoms with E-state index in [1.165, 1.54) is 0 Å². The zero-order valence-corrected chi connectivity index (χ0v) is 18.3. The van der Waals surface area contributed by atoms with Gasteiger partial charge in [0, 0.05) is 24.8 Å². The number of nitrogens with zero attached hydrogens (tertiary/aromatic N) is 4. The SMILES string of the molecule is Cc1nc(C(C)N(C)C(=O)CCc2nnc(Cc3ccc4c(c3)OCO4)o2)c(C)s1. The number of benzene rings is 1. The van der Waals surface area contributed by atoms with E-state index in [2.05, 4.69) is 15.2 Å². The number of aryl methyl sites for hydroxylation is 3. The smallest absolute Gasteiger partial charge is 0.231 e. The summed E-state index contributed by atoms with van der Waals surface area (Å²) < 4.78 is 16.4. The Morgan fingerprint density at radius 1 is 1.20 bits per heavy atom. The lowest BCUT2D eigenvalue weighted by molar-refractivity contribution is -0.131. The van der Waals surface area contributed by atoms with E-state index in [0.717, 1.165) is 32.6 Å². The number of hydrogen-bond donors (Lipinski definition) is 0. The molecule has 1 unspecified atom stereocenters. The predicted molar refractivity (Wildman–Crippen MR) is 111 cm³/mol. The van der Waals surface area contributed by atoms with Crippen molar-refractivity contribution in [3.05, 3.63) is 51.1 Å². The third-order valence-corrected chi connectivity index (χ3v) is 6.07. The number of amides is 1. The number of carbonyl (C=O) groups is 1. The van der Waals surface area contributed by atoms with Crippen LogP contribution in [0.25, 0.3) is 0 Å². The molecule has 0 fully saturated rings. The topological polar surface area (TPSA) is 90.6 Å². The van der Waals surface area contributed by atoms with Gasteiger partial charge in [0.1, 0.15) is 0 Å². The lowest BCUT2D eigenvalue weighted by Crippen LogP contribution is -2.30. The molecule has 9 heteroatoms. The molecule has 0 bridgehead atoms. The van der Waals surface area contributed by atoms with Crippen LogP contribution in [0, 0.1) is 13.8 Å². The highest BCUT2D eigenvalue weighted by Crippen LogP contribution is 2.33. The van der Waals surface area contributed by atoms with Gasteiger partial charge < -0.3 is 18.8 Å². The van der Waals surface area contributed by atoms with Gasteiger partial charge in [-0.1, -0.05) is 6.07 Å². The number of carbonyl (C=O) groups excluding carboxylic acids is 1. The summed E-state index contributed by atoms with van der Waals surface area (Å²) in [5, 5.41) is 9.20. The Bertz CT molecular complexity index is 1060. The molecule has 4 rings (SSSR count). The Morgan fingerprint density at radius 2 is 1.97 bits per heavy atom. The van der Waals surface area contributed by atoms with E-state index in [9.17, 15) is 4.79 Å². The van der Waals surface area contributed by atoms with Crippen LogP contribution < -0.4 is 9.47 Å². The molecule has 1 atom stereocenters. The minimum absolute atomic E-state index is 0.0167. The van der Waals surface area contributed by atoms with Crippen molar-refractivity contribution >= 4 is 17.2 Å². The van der Waals surface area contributed by atoms with Crippen LogP contribution in [0.2, 0.25) is 0 Å². The molecule has 0 radical (unpaired) electrons. The zero-order chi connectivity index (χ0) is 21.3. The lowest BCUT2D eigenvalue weighted by atomic mass is 10.1. The van der Waals surface area contributed by atoms with E-state index in [1.54, 1.807) is 23.3 Å². The van der Waals surface area contributed by atoms with E-state index in [0.29, 0.717) is 31.0 Å². The first-order chi connectivity index (χ1) is 14.4. The number of thiazole rings is 1. The van der Waals surface area contributed by atoms with Crippen molar-refractivity contribution in [1.82, 2.24) is 20.1 Å². The Morgan fingerprint density at radius 3 is 2.73 bits per heavy atom. The molecule has 158 valence electrons. The van der Waals surface area contributed by atoms with Gasteiger partial charge in [-0.15, -0.1) is 21.5 Å². The molecule has 1 aliphatic rings. The van der Waals surface area contributed by atoms with Crippen LogP contribution >= 0.6 is 11.3 Å². The monoisotopic (exact) mass is 428 g/mol. The molecule has 3 heterocycles. The standard InChI is InChI=1S/C21H24N4O4S/c1-12(21-13(2)30-14(3)22-21)25(4)20(26)8-7-18-23-24-19(29-18)10-15-5-6-16-17(9-15)28-11-27-16/h5-6,9,12H,7-8,10-11H2,1-4H3. The van der Waals surface area contributed by atoms with Gasteiger partial charge >= 0.3 is 0 Å². The average Bonchev–Trinajstić information content (AvgIpc) is 3.44. The van der Waals surface area contributed by atoms with Gasteiger partial charge in [-0.2, -0.15) is 0 Å².